The van der Waals surface area contributed by atoms with Gasteiger partial charge in [-0.3, -0.25) is 0 Å². The van der Waals surface area contributed by atoms with Gasteiger partial charge in [0, 0.05) is 25.0 Å². The minimum absolute atomic E-state index is 0.207. The standard InChI is InChI=1S/C14H23N3O2S2/c1-3-16-11-13(15-12(16)2)21(18,19)17-9-10-20-14(17)7-5-4-6-8-14/h11H,3-10H2,1-2H3. The fourth-order valence-electron chi connectivity index (χ4n) is 3.47. The second-order valence-corrected chi connectivity index (χ2v) is 9.11. The van der Waals surface area contributed by atoms with Crippen LogP contribution in [0.2, 0.25) is 0 Å². The third-order valence-electron chi connectivity index (χ3n) is 4.60. The normalized spacial score (nSPS) is 23.0. The molecule has 0 unspecified atom stereocenters. The zero-order valence-electron chi connectivity index (χ0n) is 12.7. The molecular weight excluding hydrogens is 306 g/mol. The Hall–Kier alpha value is -0.530. The van der Waals surface area contributed by atoms with Crippen LogP contribution in [0.25, 0.3) is 0 Å². The number of hydrogen-bond acceptors (Lipinski definition) is 4. The van der Waals surface area contributed by atoms with Gasteiger partial charge >= 0.3 is 0 Å². The molecule has 1 spiro atoms. The summed E-state index contributed by atoms with van der Waals surface area (Å²) in [6, 6.07) is 0. The first-order chi connectivity index (χ1) is 9.99. The Morgan fingerprint density at radius 3 is 2.67 bits per heavy atom. The second-order valence-electron chi connectivity index (χ2n) is 5.84. The number of rotatable bonds is 3. The lowest BCUT2D eigenvalue weighted by Crippen LogP contribution is -2.46. The lowest BCUT2D eigenvalue weighted by molar-refractivity contribution is 0.242. The van der Waals surface area contributed by atoms with Gasteiger partial charge in [0.05, 0.1) is 4.87 Å². The van der Waals surface area contributed by atoms with E-state index in [0.29, 0.717) is 6.54 Å². The second kappa shape index (κ2) is 5.59. The van der Waals surface area contributed by atoms with E-state index in [-0.39, 0.29) is 9.90 Å². The monoisotopic (exact) mass is 329 g/mol. The van der Waals surface area contributed by atoms with Crippen LogP contribution in [0.5, 0.6) is 0 Å². The zero-order valence-corrected chi connectivity index (χ0v) is 14.3. The Kier molecular flexibility index (Phi) is 4.09. The van der Waals surface area contributed by atoms with Crippen molar-refractivity contribution in [3.05, 3.63) is 12.0 Å². The summed E-state index contributed by atoms with van der Waals surface area (Å²) >= 11 is 1.82. The van der Waals surface area contributed by atoms with E-state index in [0.717, 1.165) is 43.8 Å². The number of thioether (sulfide) groups is 1. The van der Waals surface area contributed by atoms with Gasteiger partial charge in [0.15, 0.2) is 5.03 Å². The average molecular weight is 329 g/mol. The number of hydrogen-bond donors (Lipinski definition) is 0. The molecule has 1 aliphatic carbocycles. The molecule has 1 saturated heterocycles. The third-order valence-corrected chi connectivity index (χ3v) is 8.11. The maximum absolute atomic E-state index is 13.0. The number of imidazole rings is 1. The molecule has 2 aliphatic rings. The predicted octanol–water partition coefficient (Wildman–Crippen LogP) is 2.61. The SMILES string of the molecule is CCn1cc(S(=O)(=O)N2CCSC23CCCCC3)nc1C. The number of nitrogens with zero attached hydrogens (tertiary/aromatic N) is 3. The summed E-state index contributed by atoms with van der Waals surface area (Å²) in [5, 5.41) is 0.217. The van der Waals surface area contributed by atoms with Crippen molar-refractivity contribution in [1.82, 2.24) is 13.9 Å². The van der Waals surface area contributed by atoms with Crippen LogP contribution in [-0.4, -0.2) is 39.4 Å². The van der Waals surface area contributed by atoms with Gasteiger partial charge in [-0.15, -0.1) is 11.8 Å². The Balaban J connectivity index is 1.96. The van der Waals surface area contributed by atoms with Crippen LogP contribution in [0.1, 0.15) is 44.9 Å². The first kappa shape index (κ1) is 15.4. The van der Waals surface area contributed by atoms with Crippen molar-refractivity contribution < 1.29 is 8.42 Å². The van der Waals surface area contributed by atoms with E-state index < -0.39 is 10.0 Å². The van der Waals surface area contributed by atoms with Crippen molar-refractivity contribution in [1.29, 1.82) is 0 Å². The molecule has 0 atom stereocenters. The molecule has 1 aromatic rings. The van der Waals surface area contributed by atoms with Gasteiger partial charge in [0.25, 0.3) is 10.0 Å². The largest absolute Gasteiger partial charge is 0.334 e. The van der Waals surface area contributed by atoms with E-state index in [1.165, 1.54) is 6.42 Å². The molecular formula is C14H23N3O2S2. The van der Waals surface area contributed by atoms with E-state index >= 15 is 0 Å². The molecule has 0 N–H and O–H groups in total. The number of sulfonamides is 1. The highest BCUT2D eigenvalue weighted by molar-refractivity contribution is 8.02. The van der Waals surface area contributed by atoms with Crippen molar-refractivity contribution in [3.8, 4) is 0 Å². The maximum atomic E-state index is 13.0. The minimum Gasteiger partial charge on any atom is -0.334 e. The molecule has 1 saturated carbocycles. The van der Waals surface area contributed by atoms with Crippen LogP contribution < -0.4 is 0 Å². The fourth-order valence-corrected chi connectivity index (χ4v) is 7.19. The Morgan fingerprint density at radius 1 is 1.33 bits per heavy atom. The van der Waals surface area contributed by atoms with Crippen molar-refractivity contribution in [2.24, 2.45) is 0 Å². The minimum atomic E-state index is -3.48. The van der Waals surface area contributed by atoms with Gasteiger partial charge in [-0.05, 0) is 26.7 Å². The molecule has 0 bridgehead atoms. The van der Waals surface area contributed by atoms with E-state index in [1.54, 1.807) is 10.5 Å². The molecule has 0 radical (unpaired) electrons. The van der Waals surface area contributed by atoms with Crippen LogP contribution in [0.4, 0.5) is 0 Å². The summed E-state index contributed by atoms with van der Waals surface area (Å²) in [6.07, 6.45) is 7.11. The quantitative estimate of drug-likeness (QED) is 0.855. The van der Waals surface area contributed by atoms with Gasteiger partial charge in [-0.1, -0.05) is 19.3 Å². The molecule has 7 heteroatoms. The molecule has 2 heterocycles. The van der Waals surface area contributed by atoms with Crippen molar-refractivity contribution in [3.63, 3.8) is 0 Å². The summed E-state index contributed by atoms with van der Waals surface area (Å²) in [6.45, 7) is 5.22. The summed E-state index contributed by atoms with van der Waals surface area (Å²) in [4.78, 5) is 4.09. The first-order valence-electron chi connectivity index (χ1n) is 7.70. The van der Waals surface area contributed by atoms with Crippen LogP contribution in [0.3, 0.4) is 0 Å². The van der Waals surface area contributed by atoms with Gasteiger partial charge < -0.3 is 4.57 Å². The van der Waals surface area contributed by atoms with E-state index in [2.05, 4.69) is 4.98 Å². The van der Waals surface area contributed by atoms with Gasteiger partial charge in [-0.25, -0.2) is 13.4 Å². The maximum Gasteiger partial charge on any atom is 0.263 e. The van der Waals surface area contributed by atoms with E-state index in [1.807, 2.05) is 30.2 Å². The fraction of sp³-hybridized carbons (Fsp3) is 0.786. The summed E-state index contributed by atoms with van der Waals surface area (Å²) in [5.41, 5.74) is 0. The van der Waals surface area contributed by atoms with E-state index in [9.17, 15) is 8.42 Å². The van der Waals surface area contributed by atoms with Crippen LogP contribution >= 0.6 is 11.8 Å². The predicted molar refractivity (Wildman–Crippen MR) is 84.8 cm³/mol. The lowest BCUT2D eigenvalue weighted by Gasteiger charge is -2.39. The van der Waals surface area contributed by atoms with Gasteiger partial charge in [-0.2, -0.15) is 4.31 Å². The van der Waals surface area contributed by atoms with Crippen molar-refractivity contribution in [2.75, 3.05) is 12.3 Å². The Labute approximate surface area is 131 Å². The highest BCUT2D eigenvalue weighted by Crippen LogP contribution is 2.48. The molecule has 21 heavy (non-hydrogen) atoms. The van der Waals surface area contributed by atoms with E-state index in [4.69, 9.17) is 0 Å². The molecule has 3 rings (SSSR count). The van der Waals surface area contributed by atoms with Crippen LogP contribution in [0, 0.1) is 6.92 Å². The Morgan fingerprint density at radius 2 is 2.05 bits per heavy atom. The number of aryl methyl sites for hydroxylation is 2. The molecule has 1 aliphatic heterocycles. The summed E-state index contributed by atoms with van der Waals surface area (Å²) < 4.78 is 29.7. The zero-order chi connectivity index (χ0) is 15.1. The molecule has 0 amide bonds. The number of aromatic nitrogens is 2. The van der Waals surface area contributed by atoms with Gasteiger partial charge in [0.2, 0.25) is 0 Å². The highest BCUT2D eigenvalue weighted by atomic mass is 32.2. The molecule has 118 valence electrons. The lowest BCUT2D eigenvalue weighted by atomic mass is 9.95. The smallest absolute Gasteiger partial charge is 0.263 e. The average Bonchev–Trinajstić information content (AvgIpc) is 3.04. The highest BCUT2D eigenvalue weighted by Gasteiger charge is 2.49. The van der Waals surface area contributed by atoms with Gasteiger partial charge in [0.1, 0.15) is 5.82 Å². The van der Waals surface area contributed by atoms with Crippen molar-refractivity contribution >= 4 is 21.8 Å². The molecule has 1 aromatic heterocycles. The third kappa shape index (κ3) is 2.53. The molecule has 5 nitrogen and oxygen atoms in total. The van der Waals surface area contributed by atoms with Crippen LogP contribution in [-0.2, 0) is 16.6 Å². The van der Waals surface area contributed by atoms with Crippen LogP contribution in [0.15, 0.2) is 11.2 Å². The van der Waals surface area contributed by atoms with Crippen molar-refractivity contribution in [2.45, 2.75) is 62.4 Å². The topological polar surface area (TPSA) is 55.2 Å². The molecule has 2 fully saturated rings. The summed E-state index contributed by atoms with van der Waals surface area (Å²) in [5.74, 6) is 1.66. The summed E-state index contributed by atoms with van der Waals surface area (Å²) in [7, 11) is -3.48. The first-order valence-corrected chi connectivity index (χ1v) is 10.1. The Bertz CT molecular complexity index is 618. The molecule has 0 aromatic carbocycles.